The van der Waals surface area contributed by atoms with Gasteiger partial charge < -0.3 is 0 Å². The molecule has 25 heavy (non-hydrogen) atoms. The van der Waals surface area contributed by atoms with Crippen LogP contribution in [-0.2, 0) is 10.2 Å². The Bertz CT molecular complexity index is 844. The van der Waals surface area contributed by atoms with Gasteiger partial charge in [0.1, 0.15) is 5.78 Å². The quantitative estimate of drug-likeness (QED) is 0.634. The minimum atomic E-state index is -0.264. The van der Waals surface area contributed by atoms with Crippen LogP contribution in [0, 0.1) is 13.8 Å². The first-order chi connectivity index (χ1) is 12.1. The summed E-state index contributed by atoms with van der Waals surface area (Å²) in [5, 5.41) is 0. The van der Waals surface area contributed by atoms with E-state index in [1.807, 2.05) is 18.2 Å². The fourth-order valence-electron chi connectivity index (χ4n) is 4.14. The monoisotopic (exact) mass is 326 g/mol. The van der Waals surface area contributed by atoms with Gasteiger partial charge in [-0.25, -0.2) is 0 Å². The molecule has 1 aliphatic rings. The molecule has 0 saturated heterocycles. The maximum Gasteiger partial charge on any atom is 0.142 e. The third-order valence-electron chi connectivity index (χ3n) is 5.53. The predicted molar refractivity (Wildman–Crippen MR) is 102 cm³/mol. The molecule has 0 aromatic heterocycles. The lowest BCUT2D eigenvalue weighted by atomic mass is 9.51. The molecule has 1 saturated carbocycles. The normalized spacial score (nSPS) is 18.6. The SMILES string of the molecule is Cc1ccc(C2(c3ccc(C)cc3)CC(=O)C2c2ccccc2)cc1. The first kappa shape index (κ1) is 15.8. The van der Waals surface area contributed by atoms with Gasteiger partial charge in [-0.2, -0.15) is 0 Å². The molecule has 1 unspecified atom stereocenters. The van der Waals surface area contributed by atoms with Gasteiger partial charge in [0.2, 0.25) is 0 Å². The molecule has 124 valence electrons. The Labute approximate surface area is 149 Å². The summed E-state index contributed by atoms with van der Waals surface area (Å²) in [5.41, 5.74) is 5.79. The highest BCUT2D eigenvalue weighted by Crippen LogP contribution is 2.56. The fourth-order valence-corrected chi connectivity index (χ4v) is 4.14. The molecule has 1 aliphatic carbocycles. The van der Waals surface area contributed by atoms with Gasteiger partial charge in [-0.15, -0.1) is 0 Å². The van der Waals surface area contributed by atoms with Crippen molar-refractivity contribution in [2.75, 3.05) is 0 Å². The van der Waals surface area contributed by atoms with Crippen molar-refractivity contribution in [2.45, 2.75) is 31.6 Å². The maximum absolute atomic E-state index is 12.7. The molecule has 1 atom stereocenters. The van der Waals surface area contributed by atoms with E-state index in [2.05, 4.69) is 74.5 Å². The number of benzene rings is 3. The van der Waals surface area contributed by atoms with E-state index in [1.54, 1.807) is 0 Å². The average molecular weight is 326 g/mol. The third-order valence-corrected chi connectivity index (χ3v) is 5.53. The first-order valence-electron chi connectivity index (χ1n) is 8.83. The van der Waals surface area contributed by atoms with Crippen molar-refractivity contribution in [3.8, 4) is 0 Å². The van der Waals surface area contributed by atoms with Gasteiger partial charge in [0.15, 0.2) is 0 Å². The summed E-state index contributed by atoms with van der Waals surface area (Å²) < 4.78 is 0. The Morgan fingerprint density at radius 1 is 0.720 bits per heavy atom. The van der Waals surface area contributed by atoms with E-state index in [-0.39, 0.29) is 11.3 Å². The van der Waals surface area contributed by atoms with Crippen LogP contribution in [0.25, 0.3) is 0 Å². The Morgan fingerprint density at radius 3 is 1.64 bits per heavy atom. The van der Waals surface area contributed by atoms with Gasteiger partial charge in [0.25, 0.3) is 0 Å². The number of Topliss-reactive ketones (excluding diaryl/α,β-unsaturated/α-hetero) is 1. The summed E-state index contributed by atoms with van der Waals surface area (Å²) in [6.45, 7) is 4.20. The van der Waals surface area contributed by atoms with Crippen molar-refractivity contribution < 1.29 is 4.79 Å². The van der Waals surface area contributed by atoms with Gasteiger partial charge in [-0.3, -0.25) is 4.79 Å². The first-order valence-corrected chi connectivity index (χ1v) is 8.83. The molecule has 0 spiro atoms. The summed E-state index contributed by atoms with van der Waals surface area (Å²) >= 11 is 0. The number of hydrogen-bond donors (Lipinski definition) is 0. The number of carbonyl (C=O) groups excluding carboxylic acids is 1. The van der Waals surface area contributed by atoms with Crippen LogP contribution in [-0.4, -0.2) is 5.78 Å². The summed E-state index contributed by atoms with van der Waals surface area (Å²) in [6.07, 6.45) is 0.568. The lowest BCUT2D eigenvalue weighted by Crippen LogP contribution is -2.51. The summed E-state index contributed by atoms with van der Waals surface area (Å²) in [4.78, 5) is 12.7. The zero-order valence-corrected chi connectivity index (χ0v) is 14.7. The van der Waals surface area contributed by atoms with Gasteiger partial charge in [0.05, 0.1) is 5.92 Å². The van der Waals surface area contributed by atoms with Gasteiger partial charge >= 0.3 is 0 Å². The molecule has 0 amide bonds. The fraction of sp³-hybridized carbons (Fsp3) is 0.208. The summed E-state index contributed by atoms with van der Waals surface area (Å²) in [5.74, 6) is 0.214. The van der Waals surface area contributed by atoms with E-state index in [0.29, 0.717) is 12.2 Å². The maximum atomic E-state index is 12.7. The molecule has 0 aliphatic heterocycles. The van der Waals surface area contributed by atoms with Crippen molar-refractivity contribution >= 4 is 5.78 Å². The van der Waals surface area contributed by atoms with Crippen molar-refractivity contribution in [3.63, 3.8) is 0 Å². The van der Waals surface area contributed by atoms with E-state index in [4.69, 9.17) is 0 Å². The van der Waals surface area contributed by atoms with E-state index >= 15 is 0 Å². The van der Waals surface area contributed by atoms with E-state index in [1.165, 1.54) is 22.3 Å². The highest BCUT2D eigenvalue weighted by atomic mass is 16.1. The van der Waals surface area contributed by atoms with Gasteiger partial charge in [-0.05, 0) is 30.5 Å². The van der Waals surface area contributed by atoms with Crippen molar-refractivity contribution in [1.29, 1.82) is 0 Å². The number of rotatable bonds is 3. The minimum Gasteiger partial charge on any atom is -0.299 e. The molecule has 0 bridgehead atoms. The Hall–Kier alpha value is -2.67. The van der Waals surface area contributed by atoms with Crippen molar-refractivity contribution in [1.82, 2.24) is 0 Å². The average Bonchev–Trinajstić information content (AvgIpc) is 2.62. The van der Waals surface area contributed by atoms with Crippen LogP contribution in [0.15, 0.2) is 78.9 Å². The Kier molecular flexibility index (Phi) is 3.80. The van der Waals surface area contributed by atoms with E-state index < -0.39 is 0 Å². The summed E-state index contributed by atoms with van der Waals surface area (Å²) in [6, 6.07) is 27.6. The number of ketones is 1. The third kappa shape index (κ3) is 2.51. The zero-order chi connectivity index (χ0) is 17.4. The Balaban J connectivity index is 1.92. The molecule has 1 nitrogen and oxygen atoms in total. The lowest BCUT2D eigenvalue weighted by Gasteiger charge is -2.49. The molecular weight excluding hydrogens is 304 g/mol. The second-order valence-corrected chi connectivity index (χ2v) is 7.19. The molecule has 0 heterocycles. The molecule has 0 N–H and O–H groups in total. The molecular formula is C24H22O. The zero-order valence-electron chi connectivity index (χ0n) is 14.7. The molecule has 0 radical (unpaired) electrons. The van der Waals surface area contributed by atoms with Gasteiger partial charge in [0, 0.05) is 11.8 Å². The smallest absolute Gasteiger partial charge is 0.142 e. The van der Waals surface area contributed by atoms with E-state index in [0.717, 1.165) is 5.56 Å². The van der Waals surface area contributed by atoms with Crippen molar-refractivity contribution in [2.24, 2.45) is 0 Å². The minimum absolute atomic E-state index is 0.112. The molecule has 3 aromatic carbocycles. The molecule has 3 aromatic rings. The molecule has 1 heteroatoms. The Morgan fingerprint density at radius 2 is 1.20 bits per heavy atom. The van der Waals surface area contributed by atoms with Crippen LogP contribution in [0.1, 0.15) is 40.2 Å². The summed E-state index contributed by atoms with van der Waals surface area (Å²) in [7, 11) is 0. The lowest BCUT2D eigenvalue weighted by molar-refractivity contribution is -0.130. The van der Waals surface area contributed by atoms with Crippen LogP contribution < -0.4 is 0 Å². The predicted octanol–water partition coefficient (Wildman–Crippen LogP) is 5.35. The highest BCUT2D eigenvalue weighted by molar-refractivity contribution is 5.98. The number of carbonyl (C=O) groups is 1. The molecule has 4 rings (SSSR count). The topological polar surface area (TPSA) is 17.1 Å². The van der Waals surface area contributed by atoms with E-state index in [9.17, 15) is 4.79 Å². The number of hydrogen-bond acceptors (Lipinski definition) is 1. The standard InChI is InChI=1S/C24H22O/c1-17-8-12-20(13-9-17)24(21-14-10-18(2)11-15-21)16-22(25)23(24)19-6-4-3-5-7-19/h3-15,23H,16H2,1-2H3. The highest BCUT2D eigenvalue weighted by Gasteiger charge is 2.56. The molecule has 1 fully saturated rings. The largest absolute Gasteiger partial charge is 0.299 e. The van der Waals surface area contributed by atoms with Crippen LogP contribution in [0.3, 0.4) is 0 Å². The van der Waals surface area contributed by atoms with Crippen molar-refractivity contribution in [3.05, 3.63) is 107 Å². The number of aryl methyl sites for hydroxylation is 2. The van der Waals surface area contributed by atoms with Crippen LogP contribution in [0.4, 0.5) is 0 Å². The second kappa shape index (κ2) is 6.00. The van der Waals surface area contributed by atoms with Gasteiger partial charge in [-0.1, -0.05) is 90.0 Å². The van der Waals surface area contributed by atoms with Crippen LogP contribution in [0.2, 0.25) is 0 Å². The van der Waals surface area contributed by atoms with Crippen LogP contribution in [0.5, 0.6) is 0 Å². The second-order valence-electron chi connectivity index (χ2n) is 7.19. The van der Waals surface area contributed by atoms with Crippen LogP contribution >= 0.6 is 0 Å².